The van der Waals surface area contributed by atoms with Crippen LogP contribution in [0.25, 0.3) is 0 Å². The van der Waals surface area contributed by atoms with Crippen molar-refractivity contribution in [1.29, 1.82) is 0 Å². The maximum atomic E-state index is 12.7. The standard InChI is InChI=1S/C17H29N3O3/c1-16(2,3)13-11-14(19-23-13)18-15(21)17(4,5)20-9-7-12(22-6)8-10-20/h11-12H,7-10H2,1-6H3,(H,18,19,21). The minimum Gasteiger partial charge on any atom is -0.381 e. The maximum Gasteiger partial charge on any atom is 0.245 e. The average Bonchev–Trinajstić information content (AvgIpc) is 2.96. The lowest BCUT2D eigenvalue weighted by molar-refractivity contribution is -0.128. The Morgan fingerprint density at radius 2 is 1.91 bits per heavy atom. The number of carbonyl (C=O) groups excluding carboxylic acids is 1. The molecule has 1 aromatic rings. The number of anilines is 1. The Hall–Kier alpha value is -1.40. The third kappa shape index (κ3) is 4.12. The number of amides is 1. The van der Waals surface area contributed by atoms with Gasteiger partial charge in [-0.05, 0) is 26.7 Å². The van der Waals surface area contributed by atoms with Crippen LogP contribution in [0.3, 0.4) is 0 Å². The summed E-state index contributed by atoms with van der Waals surface area (Å²) < 4.78 is 10.7. The van der Waals surface area contributed by atoms with Crippen molar-refractivity contribution in [2.75, 3.05) is 25.5 Å². The Morgan fingerprint density at radius 1 is 1.30 bits per heavy atom. The van der Waals surface area contributed by atoms with Crippen LogP contribution in [0.1, 0.15) is 53.2 Å². The summed E-state index contributed by atoms with van der Waals surface area (Å²) in [5, 5.41) is 6.84. The number of rotatable bonds is 4. The number of hydrogen-bond donors (Lipinski definition) is 1. The van der Waals surface area contributed by atoms with Crippen LogP contribution in [0.4, 0.5) is 5.82 Å². The summed E-state index contributed by atoms with van der Waals surface area (Å²) in [7, 11) is 1.75. The molecule has 0 radical (unpaired) electrons. The van der Waals surface area contributed by atoms with E-state index in [0.717, 1.165) is 31.7 Å². The summed E-state index contributed by atoms with van der Waals surface area (Å²) in [5.74, 6) is 1.16. The highest BCUT2D eigenvalue weighted by atomic mass is 16.5. The van der Waals surface area contributed by atoms with Crippen LogP contribution in [0.5, 0.6) is 0 Å². The summed E-state index contributed by atoms with van der Waals surface area (Å²) in [4.78, 5) is 14.9. The number of carbonyl (C=O) groups is 1. The first kappa shape index (κ1) is 17.9. The third-order valence-electron chi connectivity index (χ3n) is 4.61. The van der Waals surface area contributed by atoms with E-state index in [1.165, 1.54) is 0 Å². The lowest BCUT2D eigenvalue weighted by Crippen LogP contribution is -2.55. The number of hydrogen-bond acceptors (Lipinski definition) is 5. The summed E-state index contributed by atoms with van der Waals surface area (Å²) in [6.07, 6.45) is 2.20. The second-order valence-electron chi connectivity index (χ2n) is 7.76. The van der Waals surface area contributed by atoms with Gasteiger partial charge in [0.05, 0.1) is 11.6 Å². The van der Waals surface area contributed by atoms with Crippen molar-refractivity contribution >= 4 is 11.7 Å². The molecule has 130 valence electrons. The zero-order valence-electron chi connectivity index (χ0n) is 15.1. The number of nitrogens with one attached hydrogen (secondary N) is 1. The van der Waals surface area contributed by atoms with E-state index in [-0.39, 0.29) is 11.3 Å². The molecular formula is C17H29N3O3. The molecule has 0 bridgehead atoms. The summed E-state index contributed by atoms with van der Waals surface area (Å²) in [6, 6.07) is 1.80. The van der Waals surface area contributed by atoms with E-state index in [2.05, 4.69) is 15.4 Å². The topological polar surface area (TPSA) is 67.6 Å². The Balaban J connectivity index is 2.00. The van der Waals surface area contributed by atoms with Crippen molar-refractivity contribution in [1.82, 2.24) is 10.1 Å². The number of aromatic nitrogens is 1. The second kappa shape index (κ2) is 6.61. The van der Waals surface area contributed by atoms with Crippen LogP contribution in [0.15, 0.2) is 10.6 Å². The fourth-order valence-electron chi connectivity index (χ4n) is 2.75. The molecule has 1 N–H and O–H groups in total. The van der Waals surface area contributed by atoms with Gasteiger partial charge in [0.2, 0.25) is 5.91 Å². The summed E-state index contributed by atoms with van der Waals surface area (Å²) in [5.41, 5.74) is -0.729. The van der Waals surface area contributed by atoms with Crippen molar-refractivity contribution in [2.24, 2.45) is 0 Å². The van der Waals surface area contributed by atoms with Gasteiger partial charge in [0.25, 0.3) is 0 Å². The molecular weight excluding hydrogens is 294 g/mol. The van der Waals surface area contributed by atoms with E-state index in [1.54, 1.807) is 13.2 Å². The quantitative estimate of drug-likeness (QED) is 0.923. The van der Waals surface area contributed by atoms with Crippen LogP contribution < -0.4 is 5.32 Å². The van der Waals surface area contributed by atoms with Gasteiger partial charge in [-0.15, -0.1) is 0 Å². The van der Waals surface area contributed by atoms with Gasteiger partial charge in [0.15, 0.2) is 5.82 Å². The van der Waals surface area contributed by atoms with Gasteiger partial charge in [-0.3, -0.25) is 9.69 Å². The predicted octanol–water partition coefficient (Wildman–Crippen LogP) is 2.80. The molecule has 0 atom stereocenters. The molecule has 0 aromatic carbocycles. The van der Waals surface area contributed by atoms with Gasteiger partial charge in [-0.2, -0.15) is 0 Å². The van der Waals surface area contributed by atoms with Crippen molar-refractivity contribution < 1.29 is 14.1 Å². The molecule has 1 aliphatic rings. The lowest BCUT2D eigenvalue weighted by Gasteiger charge is -2.41. The molecule has 1 aromatic heterocycles. The Kier molecular flexibility index (Phi) is 5.16. The van der Waals surface area contributed by atoms with E-state index in [4.69, 9.17) is 9.26 Å². The molecule has 2 rings (SSSR count). The maximum absolute atomic E-state index is 12.7. The third-order valence-corrected chi connectivity index (χ3v) is 4.61. The van der Waals surface area contributed by atoms with Crippen LogP contribution in [-0.4, -0.2) is 47.8 Å². The predicted molar refractivity (Wildman–Crippen MR) is 89.5 cm³/mol. The van der Waals surface area contributed by atoms with E-state index < -0.39 is 5.54 Å². The molecule has 6 nitrogen and oxygen atoms in total. The van der Waals surface area contributed by atoms with Gasteiger partial charge < -0.3 is 14.6 Å². The van der Waals surface area contributed by atoms with Crippen LogP contribution in [0, 0.1) is 0 Å². The summed E-state index contributed by atoms with van der Waals surface area (Å²) >= 11 is 0. The normalized spacial score (nSPS) is 18.2. The fraction of sp³-hybridized carbons (Fsp3) is 0.765. The average molecular weight is 323 g/mol. The monoisotopic (exact) mass is 323 g/mol. The molecule has 23 heavy (non-hydrogen) atoms. The molecule has 2 heterocycles. The van der Waals surface area contributed by atoms with Crippen molar-refractivity contribution in [3.63, 3.8) is 0 Å². The van der Waals surface area contributed by atoms with E-state index in [0.29, 0.717) is 11.9 Å². The molecule has 0 spiro atoms. The number of ether oxygens (including phenoxy) is 1. The first-order valence-corrected chi connectivity index (χ1v) is 8.21. The molecule has 1 fully saturated rings. The number of likely N-dealkylation sites (tertiary alicyclic amines) is 1. The highest BCUT2D eigenvalue weighted by Gasteiger charge is 2.37. The minimum absolute atomic E-state index is 0.0675. The number of piperidine rings is 1. The Labute approximate surface area is 138 Å². The van der Waals surface area contributed by atoms with Gasteiger partial charge in [-0.1, -0.05) is 25.9 Å². The number of methoxy groups -OCH3 is 1. The van der Waals surface area contributed by atoms with E-state index in [9.17, 15) is 4.79 Å². The largest absolute Gasteiger partial charge is 0.381 e. The number of nitrogens with zero attached hydrogens (tertiary/aromatic N) is 2. The van der Waals surface area contributed by atoms with E-state index >= 15 is 0 Å². The summed E-state index contributed by atoms with van der Waals surface area (Å²) in [6.45, 7) is 11.7. The van der Waals surface area contributed by atoms with Crippen LogP contribution in [-0.2, 0) is 14.9 Å². The minimum atomic E-state index is -0.598. The van der Waals surface area contributed by atoms with Gasteiger partial charge in [0.1, 0.15) is 5.76 Å². The Morgan fingerprint density at radius 3 is 2.39 bits per heavy atom. The molecule has 1 aliphatic heterocycles. The molecule has 1 saturated heterocycles. The molecule has 6 heteroatoms. The fourth-order valence-corrected chi connectivity index (χ4v) is 2.75. The smallest absolute Gasteiger partial charge is 0.245 e. The van der Waals surface area contributed by atoms with Crippen LogP contribution >= 0.6 is 0 Å². The van der Waals surface area contributed by atoms with Gasteiger partial charge >= 0.3 is 0 Å². The van der Waals surface area contributed by atoms with Crippen molar-refractivity contribution in [2.45, 2.75) is 64.5 Å². The second-order valence-corrected chi connectivity index (χ2v) is 7.76. The molecule has 0 aliphatic carbocycles. The zero-order valence-corrected chi connectivity index (χ0v) is 15.1. The first-order valence-electron chi connectivity index (χ1n) is 8.21. The van der Waals surface area contributed by atoms with Crippen molar-refractivity contribution in [3.8, 4) is 0 Å². The van der Waals surface area contributed by atoms with Gasteiger partial charge in [0, 0.05) is 31.7 Å². The molecule has 0 saturated carbocycles. The van der Waals surface area contributed by atoms with Crippen molar-refractivity contribution in [3.05, 3.63) is 11.8 Å². The first-order chi connectivity index (χ1) is 10.6. The molecule has 1 amide bonds. The highest BCUT2D eigenvalue weighted by Crippen LogP contribution is 2.26. The van der Waals surface area contributed by atoms with Crippen LogP contribution in [0.2, 0.25) is 0 Å². The Bertz CT molecular complexity index is 538. The zero-order chi connectivity index (χ0) is 17.3. The van der Waals surface area contributed by atoms with Gasteiger partial charge in [-0.25, -0.2) is 0 Å². The highest BCUT2D eigenvalue weighted by molar-refractivity contribution is 5.96. The lowest BCUT2D eigenvalue weighted by atomic mass is 9.93. The molecule has 0 unspecified atom stereocenters. The van der Waals surface area contributed by atoms with E-state index in [1.807, 2.05) is 34.6 Å². The SMILES string of the molecule is COC1CCN(C(C)(C)C(=O)Nc2cc(C(C)(C)C)on2)CC1.